The monoisotopic (exact) mass is 296 g/mol. The van der Waals surface area contributed by atoms with Gasteiger partial charge in [-0.1, -0.05) is 29.8 Å². The fourth-order valence-electron chi connectivity index (χ4n) is 2.30. The largest absolute Gasteiger partial charge is 0.378 e. The van der Waals surface area contributed by atoms with E-state index in [1.807, 2.05) is 36.1 Å². The molecule has 1 amide bonds. The Morgan fingerprint density at radius 1 is 1.50 bits per heavy atom. The molecule has 0 aliphatic carbocycles. The summed E-state index contributed by atoms with van der Waals surface area (Å²) in [4.78, 5) is 14.2. The summed E-state index contributed by atoms with van der Waals surface area (Å²) in [5.41, 5.74) is 0.984. The zero-order valence-electron chi connectivity index (χ0n) is 11.8. The molecule has 20 heavy (non-hydrogen) atoms. The fraction of sp³-hybridized carbons (Fsp3) is 0.533. The first-order valence-corrected chi connectivity index (χ1v) is 7.40. The fourth-order valence-corrected chi connectivity index (χ4v) is 2.49. The quantitative estimate of drug-likeness (QED) is 0.904. The van der Waals surface area contributed by atoms with Gasteiger partial charge >= 0.3 is 0 Å². The zero-order valence-corrected chi connectivity index (χ0v) is 12.5. The number of ether oxygens (including phenoxy) is 1. The van der Waals surface area contributed by atoms with Crippen molar-refractivity contribution in [1.82, 2.24) is 10.2 Å². The predicted octanol–water partition coefficient (Wildman–Crippen LogP) is 2.07. The van der Waals surface area contributed by atoms with Gasteiger partial charge in [0, 0.05) is 37.1 Å². The van der Waals surface area contributed by atoms with Gasteiger partial charge in [-0.2, -0.15) is 0 Å². The van der Waals surface area contributed by atoms with Crippen molar-refractivity contribution in [3.8, 4) is 0 Å². The summed E-state index contributed by atoms with van der Waals surface area (Å²) in [5.74, 6) is 0.135. The Morgan fingerprint density at radius 2 is 2.30 bits per heavy atom. The van der Waals surface area contributed by atoms with E-state index in [1.54, 1.807) is 0 Å². The first-order valence-electron chi connectivity index (χ1n) is 7.03. The molecule has 1 N–H and O–H groups in total. The summed E-state index contributed by atoms with van der Waals surface area (Å²) < 4.78 is 5.38. The second-order valence-corrected chi connectivity index (χ2v) is 5.34. The minimum absolute atomic E-state index is 0.122. The smallest absolute Gasteiger partial charge is 0.224 e. The first kappa shape index (κ1) is 15.3. The average Bonchev–Trinajstić information content (AvgIpc) is 2.47. The van der Waals surface area contributed by atoms with Gasteiger partial charge in [0.15, 0.2) is 0 Å². The van der Waals surface area contributed by atoms with Crippen LogP contribution in [-0.4, -0.2) is 43.2 Å². The van der Waals surface area contributed by atoms with Crippen molar-refractivity contribution in [2.75, 3.05) is 26.3 Å². The number of carbonyl (C=O) groups is 1. The highest BCUT2D eigenvalue weighted by Crippen LogP contribution is 2.17. The van der Waals surface area contributed by atoms with Crippen LogP contribution in [0.3, 0.4) is 0 Å². The maximum absolute atomic E-state index is 12.3. The third kappa shape index (κ3) is 4.20. The molecule has 1 aromatic rings. The molecule has 0 spiro atoms. The van der Waals surface area contributed by atoms with E-state index >= 15 is 0 Å². The molecular weight excluding hydrogens is 276 g/mol. The Kier molecular flexibility index (Phi) is 5.83. The lowest BCUT2D eigenvalue weighted by atomic mass is 10.1. The highest BCUT2D eigenvalue weighted by Gasteiger charge is 2.20. The Hall–Kier alpha value is -1.10. The molecule has 1 heterocycles. The molecule has 1 unspecified atom stereocenters. The number of hydrogen-bond acceptors (Lipinski definition) is 3. The minimum Gasteiger partial charge on any atom is -0.378 e. The number of morpholine rings is 1. The maximum Gasteiger partial charge on any atom is 0.224 e. The van der Waals surface area contributed by atoms with Gasteiger partial charge in [0.2, 0.25) is 5.91 Å². The van der Waals surface area contributed by atoms with Crippen molar-refractivity contribution in [1.29, 1.82) is 0 Å². The second kappa shape index (κ2) is 7.62. The highest BCUT2D eigenvalue weighted by atomic mass is 35.5. The van der Waals surface area contributed by atoms with E-state index < -0.39 is 0 Å². The van der Waals surface area contributed by atoms with Crippen molar-refractivity contribution in [3.05, 3.63) is 34.9 Å². The third-order valence-corrected chi connectivity index (χ3v) is 3.84. The van der Waals surface area contributed by atoms with Crippen LogP contribution >= 0.6 is 11.6 Å². The van der Waals surface area contributed by atoms with Crippen LogP contribution < -0.4 is 5.32 Å². The van der Waals surface area contributed by atoms with Crippen LogP contribution in [0.1, 0.15) is 18.9 Å². The number of benzene rings is 1. The number of rotatable bonds is 5. The molecule has 0 bridgehead atoms. The lowest BCUT2D eigenvalue weighted by Crippen LogP contribution is -2.45. The molecule has 0 saturated carbocycles. The van der Waals surface area contributed by atoms with Crippen molar-refractivity contribution < 1.29 is 9.53 Å². The van der Waals surface area contributed by atoms with Gasteiger partial charge < -0.3 is 15.0 Å². The van der Waals surface area contributed by atoms with Gasteiger partial charge in [0.1, 0.15) is 0 Å². The predicted molar refractivity (Wildman–Crippen MR) is 79.8 cm³/mol. The third-order valence-electron chi connectivity index (χ3n) is 3.47. The summed E-state index contributed by atoms with van der Waals surface area (Å²) in [6.07, 6.45) is 0.471. The topological polar surface area (TPSA) is 41.6 Å². The van der Waals surface area contributed by atoms with Crippen molar-refractivity contribution in [2.24, 2.45) is 0 Å². The lowest BCUT2D eigenvalue weighted by molar-refractivity contribution is -0.132. The molecule has 5 heteroatoms. The Bertz CT molecular complexity index is 447. The number of nitrogens with zero attached hydrogens (tertiary/aromatic N) is 1. The zero-order chi connectivity index (χ0) is 14.4. The lowest BCUT2D eigenvalue weighted by Gasteiger charge is -2.27. The molecule has 2 rings (SSSR count). The Labute approximate surface area is 125 Å². The summed E-state index contributed by atoms with van der Waals surface area (Å²) in [7, 11) is 0. The van der Waals surface area contributed by atoms with Gasteiger partial charge in [-0.05, 0) is 18.6 Å². The highest BCUT2D eigenvalue weighted by molar-refractivity contribution is 6.31. The summed E-state index contributed by atoms with van der Waals surface area (Å²) in [6.45, 7) is 5.37. The van der Waals surface area contributed by atoms with Crippen LogP contribution in [0.15, 0.2) is 24.3 Å². The minimum atomic E-state index is 0.122. The Balaban J connectivity index is 1.93. The van der Waals surface area contributed by atoms with Crippen LogP contribution in [0.25, 0.3) is 0 Å². The van der Waals surface area contributed by atoms with Crippen LogP contribution in [0.5, 0.6) is 0 Å². The van der Waals surface area contributed by atoms with E-state index in [1.165, 1.54) is 0 Å². The van der Waals surface area contributed by atoms with Gasteiger partial charge in [-0.25, -0.2) is 0 Å². The van der Waals surface area contributed by atoms with Gasteiger partial charge in [-0.3, -0.25) is 4.79 Å². The van der Waals surface area contributed by atoms with Crippen molar-refractivity contribution in [2.45, 2.75) is 25.9 Å². The van der Waals surface area contributed by atoms with E-state index in [0.29, 0.717) is 31.1 Å². The molecule has 0 aromatic heterocycles. The van der Waals surface area contributed by atoms with E-state index in [-0.39, 0.29) is 11.9 Å². The van der Waals surface area contributed by atoms with E-state index in [2.05, 4.69) is 5.32 Å². The molecule has 1 aromatic carbocycles. The summed E-state index contributed by atoms with van der Waals surface area (Å²) in [6, 6.07) is 7.77. The molecule has 0 radical (unpaired) electrons. The molecular formula is C15H21ClN2O2. The summed E-state index contributed by atoms with van der Waals surface area (Å²) in [5, 5.41) is 4.01. The number of nitrogens with one attached hydrogen (secondary N) is 1. The van der Waals surface area contributed by atoms with Gasteiger partial charge in [0.05, 0.1) is 13.2 Å². The molecule has 110 valence electrons. The van der Waals surface area contributed by atoms with E-state index in [9.17, 15) is 4.79 Å². The van der Waals surface area contributed by atoms with Gasteiger partial charge in [0.25, 0.3) is 0 Å². The number of hydrogen-bond donors (Lipinski definition) is 1. The molecule has 1 saturated heterocycles. The van der Waals surface area contributed by atoms with Crippen molar-refractivity contribution >= 4 is 17.5 Å². The molecule has 1 aliphatic heterocycles. The second-order valence-electron chi connectivity index (χ2n) is 4.93. The molecule has 1 fully saturated rings. The summed E-state index contributed by atoms with van der Waals surface area (Å²) >= 11 is 6.15. The van der Waals surface area contributed by atoms with Crippen molar-refractivity contribution in [3.63, 3.8) is 0 Å². The number of halogens is 1. The van der Waals surface area contributed by atoms with Crippen LogP contribution in [0.2, 0.25) is 5.02 Å². The molecule has 1 aliphatic rings. The SMILES string of the molecule is CCN(Cc1ccccc1Cl)C(=O)CC1COCCN1. The van der Waals surface area contributed by atoms with Gasteiger partial charge in [-0.15, -0.1) is 0 Å². The Morgan fingerprint density at radius 3 is 2.95 bits per heavy atom. The first-order chi connectivity index (χ1) is 9.70. The average molecular weight is 297 g/mol. The number of carbonyl (C=O) groups excluding carboxylic acids is 1. The standard InChI is InChI=1S/C15H21ClN2O2/c1-2-18(10-12-5-3-4-6-14(12)16)15(19)9-13-11-20-8-7-17-13/h3-6,13,17H,2,7-11H2,1H3. The number of amides is 1. The van der Waals surface area contributed by atoms with E-state index in [4.69, 9.17) is 16.3 Å². The maximum atomic E-state index is 12.3. The van der Waals surface area contributed by atoms with Crippen LogP contribution in [0.4, 0.5) is 0 Å². The van der Waals surface area contributed by atoms with E-state index in [0.717, 1.165) is 18.7 Å². The molecule has 1 atom stereocenters. The normalized spacial score (nSPS) is 18.8. The molecule has 4 nitrogen and oxygen atoms in total. The van der Waals surface area contributed by atoms with Crippen LogP contribution in [0, 0.1) is 0 Å². The van der Waals surface area contributed by atoms with Crippen LogP contribution in [-0.2, 0) is 16.1 Å².